The molecule has 0 aliphatic carbocycles. The third-order valence-corrected chi connectivity index (χ3v) is 7.74. The number of H-pyrrole nitrogens is 1. The van der Waals surface area contributed by atoms with E-state index in [1.54, 1.807) is 17.0 Å². The summed E-state index contributed by atoms with van der Waals surface area (Å²) < 4.78 is 1.58. The highest BCUT2D eigenvalue weighted by Gasteiger charge is 2.27. The van der Waals surface area contributed by atoms with E-state index in [9.17, 15) is 10.1 Å². The average Bonchev–Trinajstić information content (AvgIpc) is 3.41. The summed E-state index contributed by atoms with van der Waals surface area (Å²) in [6.45, 7) is 12.4. The van der Waals surface area contributed by atoms with Crippen molar-refractivity contribution in [2.75, 3.05) is 24.5 Å². The van der Waals surface area contributed by atoms with E-state index >= 15 is 0 Å². The lowest BCUT2D eigenvalue weighted by atomic mass is 9.97. The Labute approximate surface area is 231 Å². The molecule has 0 bridgehead atoms. The quantitative estimate of drug-likeness (QED) is 0.353. The zero-order valence-electron chi connectivity index (χ0n) is 23.3. The number of pyridine rings is 2. The number of hydrogen-bond acceptors (Lipinski definition) is 8. The molecular formula is C30H31N9O. The minimum absolute atomic E-state index is 0.0597. The molecule has 5 heterocycles. The zero-order chi connectivity index (χ0) is 28.1. The summed E-state index contributed by atoms with van der Waals surface area (Å²) >= 11 is 0. The van der Waals surface area contributed by atoms with Crippen LogP contribution in [0.3, 0.4) is 0 Å². The molecule has 2 N–H and O–H groups in total. The number of nitrogens with one attached hydrogen (secondary N) is 2. The lowest BCUT2D eigenvalue weighted by Gasteiger charge is -2.35. The third kappa shape index (κ3) is 4.01. The fraction of sp³-hybridized carbons (Fsp3) is 0.333. The van der Waals surface area contributed by atoms with Crippen molar-refractivity contribution in [3.05, 3.63) is 69.5 Å². The predicted molar refractivity (Wildman–Crippen MR) is 156 cm³/mol. The molecule has 40 heavy (non-hydrogen) atoms. The molecule has 0 radical (unpaired) electrons. The van der Waals surface area contributed by atoms with Gasteiger partial charge in [-0.2, -0.15) is 15.3 Å². The molecule has 1 fully saturated rings. The largest absolute Gasteiger partial charge is 0.355 e. The number of rotatable bonds is 4. The number of nitriles is 1. The van der Waals surface area contributed by atoms with E-state index in [2.05, 4.69) is 57.2 Å². The summed E-state index contributed by atoms with van der Waals surface area (Å²) in [6, 6.07) is 10.2. The van der Waals surface area contributed by atoms with Crippen LogP contribution in [-0.4, -0.2) is 55.4 Å². The maximum absolute atomic E-state index is 14.0. The van der Waals surface area contributed by atoms with Gasteiger partial charge in [-0.1, -0.05) is 19.9 Å². The molecule has 202 valence electrons. The van der Waals surface area contributed by atoms with Gasteiger partial charge in [-0.15, -0.1) is 0 Å². The molecule has 1 aromatic carbocycles. The molecule has 0 saturated carbocycles. The second-order valence-electron chi connectivity index (χ2n) is 10.8. The molecule has 10 nitrogen and oxygen atoms in total. The first-order valence-corrected chi connectivity index (χ1v) is 13.5. The van der Waals surface area contributed by atoms with Crippen LogP contribution >= 0.6 is 0 Å². The van der Waals surface area contributed by atoms with Crippen LogP contribution in [0.15, 0.2) is 41.5 Å². The number of fused-ring (bicyclic) bond motifs is 2. The van der Waals surface area contributed by atoms with E-state index in [0.29, 0.717) is 40.3 Å². The topological polar surface area (TPSA) is 128 Å². The van der Waals surface area contributed by atoms with Crippen molar-refractivity contribution in [2.45, 2.75) is 46.6 Å². The van der Waals surface area contributed by atoms with Crippen molar-refractivity contribution in [1.82, 2.24) is 35.0 Å². The van der Waals surface area contributed by atoms with E-state index in [0.717, 1.165) is 46.4 Å². The normalized spacial score (nSPS) is 15.7. The molecule has 1 unspecified atom stereocenters. The number of aromatic nitrogens is 6. The number of aryl methyl sites for hydroxylation is 2. The first-order chi connectivity index (χ1) is 19.3. The van der Waals surface area contributed by atoms with Crippen molar-refractivity contribution in [1.29, 1.82) is 5.26 Å². The predicted octanol–water partition coefficient (Wildman–Crippen LogP) is 4.13. The first-order valence-electron chi connectivity index (χ1n) is 13.5. The van der Waals surface area contributed by atoms with Gasteiger partial charge in [0.05, 0.1) is 39.7 Å². The second-order valence-corrected chi connectivity index (χ2v) is 10.8. The van der Waals surface area contributed by atoms with Gasteiger partial charge in [-0.3, -0.25) is 10.1 Å². The maximum Gasteiger partial charge on any atom is 0.355 e. The standard InChI is InChI=1S/C30H31N9O/c1-16(2)25-27(18(4)8-9-33-25)39-29-21(28(36-30(39)40)38-11-10-32-14-19(38)5)12-20(13-31)26(35-29)24-17(3)6-7-23-22(24)15-34-37-23/h6-9,12,15-16,19,32H,10-11,14H2,1-5H3,(H,34,37). The molecule has 6 rings (SSSR count). The van der Waals surface area contributed by atoms with Crippen LogP contribution in [0, 0.1) is 25.2 Å². The fourth-order valence-electron chi connectivity index (χ4n) is 5.71. The van der Waals surface area contributed by atoms with Gasteiger partial charge in [0.25, 0.3) is 0 Å². The number of hydrogen-bond donors (Lipinski definition) is 2. The molecule has 1 aliphatic heterocycles. The lowest BCUT2D eigenvalue weighted by Crippen LogP contribution is -2.50. The van der Waals surface area contributed by atoms with Crippen LogP contribution in [0.2, 0.25) is 0 Å². The van der Waals surface area contributed by atoms with Gasteiger partial charge in [-0.05, 0) is 56.0 Å². The van der Waals surface area contributed by atoms with Gasteiger partial charge < -0.3 is 10.2 Å². The number of anilines is 1. The van der Waals surface area contributed by atoms with Gasteiger partial charge in [-0.25, -0.2) is 14.3 Å². The maximum atomic E-state index is 14.0. The van der Waals surface area contributed by atoms with E-state index in [4.69, 9.17) is 4.98 Å². The van der Waals surface area contributed by atoms with Crippen LogP contribution in [-0.2, 0) is 0 Å². The Morgan fingerprint density at radius 2 is 1.95 bits per heavy atom. The van der Waals surface area contributed by atoms with Gasteiger partial charge in [0.15, 0.2) is 5.65 Å². The van der Waals surface area contributed by atoms with Crippen molar-refractivity contribution in [3.63, 3.8) is 0 Å². The fourth-order valence-corrected chi connectivity index (χ4v) is 5.71. The molecule has 0 spiro atoms. The summed E-state index contributed by atoms with van der Waals surface area (Å²) in [5.74, 6) is 0.608. The minimum atomic E-state index is -0.423. The van der Waals surface area contributed by atoms with Crippen molar-refractivity contribution >= 4 is 27.8 Å². The first kappa shape index (κ1) is 25.6. The summed E-state index contributed by atoms with van der Waals surface area (Å²) in [7, 11) is 0. The Kier molecular flexibility index (Phi) is 6.31. The number of nitrogens with zero attached hydrogens (tertiary/aromatic N) is 7. The average molecular weight is 534 g/mol. The Hall–Kier alpha value is -4.62. The Balaban J connectivity index is 1.78. The zero-order valence-corrected chi connectivity index (χ0v) is 23.3. The molecule has 4 aromatic heterocycles. The Morgan fingerprint density at radius 1 is 1.12 bits per heavy atom. The van der Waals surface area contributed by atoms with Crippen molar-refractivity contribution in [2.24, 2.45) is 0 Å². The monoisotopic (exact) mass is 533 g/mol. The second kappa shape index (κ2) is 9.84. The smallest absolute Gasteiger partial charge is 0.351 e. The molecular weight excluding hydrogens is 502 g/mol. The van der Waals surface area contributed by atoms with Crippen LogP contribution in [0.5, 0.6) is 0 Å². The van der Waals surface area contributed by atoms with E-state index in [1.165, 1.54) is 0 Å². The SMILES string of the molecule is Cc1ccnc(C(C)C)c1-n1c(=O)nc(N2CCNCC2C)c2cc(C#N)c(-c3c(C)ccc4[nH]ncc34)nc21. The third-order valence-electron chi connectivity index (χ3n) is 7.74. The van der Waals surface area contributed by atoms with Gasteiger partial charge in [0.2, 0.25) is 0 Å². The minimum Gasteiger partial charge on any atom is -0.351 e. The highest BCUT2D eigenvalue weighted by Crippen LogP contribution is 2.36. The molecule has 1 aliphatic rings. The molecule has 1 saturated heterocycles. The highest BCUT2D eigenvalue weighted by atomic mass is 16.1. The molecule has 10 heteroatoms. The van der Waals surface area contributed by atoms with Gasteiger partial charge >= 0.3 is 5.69 Å². The van der Waals surface area contributed by atoms with E-state index in [1.807, 2.05) is 38.1 Å². The summed E-state index contributed by atoms with van der Waals surface area (Å²) in [6.07, 6.45) is 3.52. The highest BCUT2D eigenvalue weighted by molar-refractivity contribution is 5.99. The molecule has 1 atom stereocenters. The van der Waals surface area contributed by atoms with Gasteiger partial charge in [0, 0.05) is 42.8 Å². The molecule has 5 aromatic rings. The van der Waals surface area contributed by atoms with Crippen LogP contribution in [0.4, 0.5) is 5.82 Å². The summed E-state index contributed by atoms with van der Waals surface area (Å²) in [4.78, 5) is 30.6. The molecule has 0 amide bonds. The lowest BCUT2D eigenvalue weighted by molar-refractivity contribution is 0.497. The van der Waals surface area contributed by atoms with Crippen molar-refractivity contribution in [3.8, 4) is 23.0 Å². The van der Waals surface area contributed by atoms with Crippen LogP contribution in [0.1, 0.15) is 49.1 Å². The van der Waals surface area contributed by atoms with Crippen molar-refractivity contribution < 1.29 is 0 Å². The summed E-state index contributed by atoms with van der Waals surface area (Å²) in [5.41, 5.74) is 5.92. The number of benzene rings is 1. The van der Waals surface area contributed by atoms with Crippen LogP contribution < -0.4 is 15.9 Å². The number of aromatic amines is 1. The Bertz CT molecular complexity index is 1880. The van der Waals surface area contributed by atoms with E-state index < -0.39 is 5.69 Å². The number of piperazine rings is 1. The van der Waals surface area contributed by atoms with Gasteiger partial charge in [0.1, 0.15) is 11.9 Å². The van der Waals surface area contributed by atoms with E-state index in [-0.39, 0.29) is 12.0 Å². The summed E-state index contributed by atoms with van der Waals surface area (Å²) in [5, 5.41) is 22.5. The van der Waals surface area contributed by atoms with Crippen LogP contribution in [0.25, 0.3) is 38.9 Å². The Morgan fingerprint density at radius 3 is 2.70 bits per heavy atom.